The second-order valence-corrected chi connectivity index (χ2v) is 14.5. The molecular formula is C42H80O6. The summed E-state index contributed by atoms with van der Waals surface area (Å²) in [4.78, 5) is 37.3. The molecule has 48 heavy (non-hydrogen) atoms. The first-order valence-electron chi connectivity index (χ1n) is 20.9. The molecule has 0 amide bonds. The molecule has 0 aromatic carbocycles. The van der Waals surface area contributed by atoms with E-state index >= 15 is 0 Å². The Hall–Kier alpha value is -1.59. The molecule has 0 saturated heterocycles. The standard InChI is InChI=1S/C42H80O6/c1-5-8-10-12-13-14-15-20-23-27-31-35-42(45)48-39(36-46-40(43)33-29-24-11-9-6-2)37-47-41(44)34-30-26-22-19-17-16-18-21-25-28-32-38(4)7-3/h38-39H,5-37H2,1-4H3/t38?,39-/m1/s1. The van der Waals surface area contributed by atoms with Gasteiger partial charge in [-0.25, -0.2) is 0 Å². The minimum Gasteiger partial charge on any atom is -0.462 e. The second kappa shape index (κ2) is 36.7. The maximum absolute atomic E-state index is 12.6. The predicted octanol–water partition coefficient (Wildman–Crippen LogP) is 12.8. The number of ether oxygens (including phenoxy) is 3. The average molecular weight is 681 g/mol. The highest BCUT2D eigenvalue weighted by Crippen LogP contribution is 2.16. The number of esters is 3. The third-order valence-corrected chi connectivity index (χ3v) is 9.65. The minimum absolute atomic E-state index is 0.0655. The summed E-state index contributed by atoms with van der Waals surface area (Å²) in [5.74, 6) is -0.00449. The van der Waals surface area contributed by atoms with Crippen LogP contribution in [0, 0.1) is 5.92 Å². The molecule has 0 aromatic rings. The smallest absolute Gasteiger partial charge is 0.306 e. The maximum Gasteiger partial charge on any atom is 0.306 e. The van der Waals surface area contributed by atoms with Gasteiger partial charge >= 0.3 is 17.9 Å². The van der Waals surface area contributed by atoms with Crippen molar-refractivity contribution in [3.63, 3.8) is 0 Å². The van der Waals surface area contributed by atoms with E-state index in [9.17, 15) is 14.4 Å². The van der Waals surface area contributed by atoms with Crippen LogP contribution in [0.4, 0.5) is 0 Å². The van der Waals surface area contributed by atoms with Crippen LogP contribution < -0.4 is 0 Å². The SMILES string of the molecule is CCCCCCCCCCCCCC(=O)O[C@H](COC(=O)CCCCCCC)COC(=O)CCCCCCCCCCCCC(C)CC. The first-order chi connectivity index (χ1) is 23.4. The van der Waals surface area contributed by atoms with Gasteiger partial charge in [-0.3, -0.25) is 14.4 Å². The lowest BCUT2D eigenvalue weighted by molar-refractivity contribution is -0.167. The fourth-order valence-electron chi connectivity index (χ4n) is 6.06. The molecule has 0 fully saturated rings. The molecule has 0 saturated carbocycles. The van der Waals surface area contributed by atoms with Gasteiger partial charge in [-0.1, -0.05) is 188 Å². The van der Waals surface area contributed by atoms with Gasteiger partial charge in [0.25, 0.3) is 0 Å². The zero-order chi connectivity index (χ0) is 35.3. The van der Waals surface area contributed by atoms with E-state index in [1.54, 1.807) is 0 Å². The Bertz CT molecular complexity index is 723. The predicted molar refractivity (Wildman–Crippen MR) is 201 cm³/mol. The first kappa shape index (κ1) is 46.4. The van der Waals surface area contributed by atoms with Gasteiger partial charge in [0.2, 0.25) is 0 Å². The summed E-state index contributed by atoms with van der Waals surface area (Å²) in [6.07, 6.45) is 33.9. The van der Waals surface area contributed by atoms with Crippen molar-refractivity contribution in [3.8, 4) is 0 Å². The summed E-state index contributed by atoms with van der Waals surface area (Å²) >= 11 is 0. The number of hydrogen-bond acceptors (Lipinski definition) is 6. The molecule has 0 bridgehead atoms. The van der Waals surface area contributed by atoms with E-state index < -0.39 is 6.10 Å². The van der Waals surface area contributed by atoms with Crippen molar-refractivity contribution in [1.82, 2.24) is 0 Å². The molecule has 0 heterocycles. The summed E-state index contributed by atoms with van der Waals surface area (Å²) in [6.45, 7) is 8.92. The van der Waals surface area contributed by atoms with Crippen LogP contribution >= 0.6 is 0 Å². The molecule has 0 aliphatic carbocycles. The van der Waals surface area contributed by atoms with E-state index in [2.05, 4.69) is 27.7 Å². The fraction of sp³-hybridized carbons (Fsp3) is 0.929. The topological polar surface area (TPSA) is 78.9 Å². The minimum atomic E-state index is -0.756. The third kappa shape index (κ3) is 34.3. The molecule has 0 rings (SSSR count). The van der Waals surface area contributed by atoms with Crippen molar-refractivity contribution in [2.24, 2.45) is 5.92 Å². The zero-order valence-electron chi connectivity index (χ0n) is 32.4. The molecular weight excluding hydrogens is 600 g/mol. The van der Waals surface area contributed by atoms with E-state index in [1.807, 2.05) is 0 Å². The monoisotopic (exact) mass is 681 g/mol. The van der Waals surface area contributed by atoms with E-state index in [4.69, 9.17) is 14.2 Å². The lowest BCUT2D eigenvalue weighted by Crippen LogP contribution is -2.30. The largest absolute Gasteiger partial charge is 0.462 e. The van der Waals surface area contributed by atoms with Gasteiger partial charge < -0.3 is 14.2 Å². The highest BCUT2D eigenvalue weighted by molar-refractivity contribution is 5.71. The lowest BCUT2D eigenvalue weighted by atomic mass is 9.99. The van der Waals surface area contributed by atoms with Crippen molar-refractivity contribution in [2.75, 3.05) is 13.2 Å². The summed E-state index contributed by atoms with van der Waals surface area (Å²) < 4.78 is 16.5. The molecule has 0 aliphatic rings. The summed E-state index contributed by atoms with van der Waals surface area (Å²) in [5.41, 5.74) is 0. The fourth-order valence-corrected chi connectivity index (χ4v) is 6.06. The van der Waals surface area contributed by atoms with Crippen LogP contribution in [-0.4, -0.2) is 37.2 Å². The van der Waals surface area contributed by atoms with Crippen LogP contribution in [-0.2, 0) is 28.6 Å². The quantitative estimate of drug-likeness (QED) is 0.0369. The molecule has 0 aromatic heterocycles. The highest BCUT2D eigenvalue weighted by Gasteiger charge is 2.19. The number of carbonyl (C=O) groups is 3. The molecule has 0 N–H and O–H groups in total. The normalized spacial score (nSPS) is 12.5. The summed E-state index contributed by atoms with van der Waals surface area (Å²) in [7, 11) is 0. The molecule has 0 aliphatic heterocycles. The number of hydrogen-bond donors (Lipinski definition) is 0. The Morgan fingerprint density at radius 3 is 1.08 bits per heavy atom. The summed E-state index contributed by atoms with van der Waals surface area (Å²) in [5, 5.41) is 0. The third-order valence-electron chi connectivity index (χ3n) is 9.65. The van der Waals surface area contributed by atoms with Gasteiger partial charge in [0.15, 0.2) is 6.10 Å². The van der Waals surface area contributed by atoms with Crippen molar-refractivity contribution in [3.05, 3.63) is 0 Å². The molecule has 0 radical (unpaired) electrons. The van der Waals surface area contributed by atoms with Crippen LogP contribution in [0.1, 0.15) is 227 Å². The van der Waals surface area contributed by atoms with E-state index in [0.29, 0.717) is 19.3 Å². The molecule has 6 nitrogen and oxygen atoms in total. The van der Waals surface area contributed by atoms with E-state index in [1.165, 1.54) is 116 Å². The Morgan fingerprint density at radius 2 is 0.729 bits per heavy atom. The lowest BCUT2D eigenvalue weighted by Gasteiger charge is -2.18. The van der Waals surface area contributed by atoms with Crippen LogP contribution in [0.5, 0.6) is 0 Å². The summed E-state index contributed by atoms with van der Waals surface area (Å²) in [6, 6.07) is 0. The average Bonchev–Trinajstić information content (AvgIpc) is 3.08. The van der Waals surface area contributed by atoms with Crippen molar-refractivity contribution >= 4 is 17.9 Å². The Labute approximate surface area is 298 Å². The molecule has 284 valence electrons. The van der Waals surface area contributed by atoms with Crippen LogP contribution in [0.2, 0.25) is 0 Å². The molecule has 0 spiro atoms. The maximum atomic E-state index is 12.6. The van der Waals surface area contributed by atoms with Gasteiger partial charge in [-0.05, 0) is 25.2 Å². The zero-order valence-corrected chi connectivity index (χ0v) is 32.4. The van der Waals surface area contributed by atoms with Gasteiger partial charge in [0.05, 0.1) is 0 Å². The Kier molecular flexibility index (Phi) is 35.5. The Balaban J connectivity index is 4.23. The van der Waals surface area contributed by atoms with Gasteiger partial charge in [0, 0.05) is 19.3 Å². The number of carbonyl (C=O) groups excluding carboxylic acids is 3. The highest BCUT2D eigenvalue weighted by atomic mass is 16.6. The van der Waals surface area contributed by atoms with Crippen LogP contribution in [0.15, 0.2) is 0 Å². The van der Waals surface area contributed by atoms with Crippen molar-refractivity contribution < 1.29 is 28.6 Å². The van der Waals surface area contributed by atoms with Crippen molar-refractivity contribution in [2.45, 2.75) is 233 Å². The van der Waals surface area contributed by atoms with Crippen LogP contribution in [0.3, 0.4) is 0 Å². The Morgan fingerprint density at radius 1 is 0.417 bits per heavy atom. The molecule has 2 atom stereocenters. The van der Waals surface area contributed by atoms with Crippen LogP contribution in [0.25, 0.3) is 0 Å². The molecule has 1 unspecified atom stereocenters. The van der Waals surface area contributed by atoms with E-state index in [-0.39, 0.29) is 31.1 Å². The number of unbranched alkanes of at least 4 members (excludes halogenated alkanes) is 23. The van der Waals surface area contributed by atoms with Gasteiger partial charge in [-0.2, -0.15) is 0 Å². The van der Waals surface area contributed by atoms with Gasteiger partial charge in [0.1, 0.15) is 13.2 Å². The van der Waals surface area contributed by atoms with Gasteiger partial charge in [-0.15, -0.1) is 0 Å². The first-order valence-corrected chi connectivity index (χ1v) is 20.9. The second-order valence-electron chi connectivity index (χ2n) is 14.5. The van der Waals surface area contributed by atoms with Crippen molar-refractivity contribution in [1.29, 1.82) is 0 Å². The van der Waals surface area contributed by atoms with E-state index in [0.717, 1.165) is 70.1 Å². The molecule has 6 heteroatoms. The number of rotatable bonds is 37.